The summed E-state index contributed by atoms with van der Waals surface area (Å²) in [6.45, 7) is 5.43. The van der Waals surface area contributed by atoms with Gasteiger partial charge < -0.3 is 14.8 Å². The van der Waals surface area contributed by atoms with E-state index in [0.29, 0.717) is 11.3 Å². The molecule has 0 fully saturated rings. The standard InChI is InChI=1S/C15H22FNO3/c1-10(17-4)12-7-6-11(8-13(12)16)20-9-15(2,3)14(18)19-5/h6-8,10,17H,9H2,1-5H3. The predicted molar refractivity (Wildman–Crippen MR) is 75.2 cm³/mol. The molecule has 1 unspecified atom stereocenters. The molecule has 0 heterocycles. The first-order valence-corrected chi connectivity index (χ1v) is 6.49. The number of halogens is 1. The minimum Gasteiger partial charge on any atom is -0.492 e. The van der Waals surface area contributed by atoms with Crippen molar-refractivity contribution in [3.8, 4) is 5.75 Å². The van der Waals surface area contributed by atoms with Gasteiger partial charge in [-0.2, -0.15) is 0 Å². The van der Waals surface area contributed by atoms with Crippen LogP contribution in [-0.4, -0.2) is 26.7 Å². The Morgan fingerprint density at radius 3 is 2.60 bits per heavy atom. The van der Waals surface area contributed by atoms with Gasteiger partial charge in [-0.25, -0.2) is 4.39 Å². The molecule has 0 bridgehead atoms. The zero-order valence-corrected chi connectivity index (χ0v) is 12.6. The smallest absolute Gasteiger partial charge is 0.314 e. The maximum absolute atomic E-state index is 13.9. The first kappa shape index (κ1) is 16.4. The van der Waals surface area contributed by atoms with Crippen LogP contribution in [-0.2, 0) is 9.53 Å². The normalized spacial score (nSPS) is 12.9. The Balaban J connectivity index is 2.76. The van der Waals surface area contributed by atoms with Gasteiger partial charge in [-0.3, -0.25) is 4.79 Å². The van der Waals surface area contributed by atoms with E-state index in [-0.39, 0.29) is 24.4 Å². The van der Waals surface area contributed by atoms with Crippen LogP contribution in [0.2, 0.25) is 0 Å². The third-order valence-corrected chi connectivity index (χ3v) is 3.21. The molecule has 0 amide bonds. The summed E-state index contributed by atoms with van der Waals surface area (Å²) < 4.78 is 24.1. The minimum absolute atomic E-state index is 0.0736. The summed E-state index contributed by atoms with van der Waals surface area (Å²) >= 11 is 0. The van der Waals surface area contributed by atoms with E-state index >= 15 is 0 Å². The van der Waals surface area contributed by atoms with Crippen molar-refractivity contribution in [3.05, 3.63) is 29.6 Å². The molecular weight excluding hydrogens is 261 g/mol. The van der Waals surface area contributed by atoms with E-state index in [0.717, 1.165) is 0 Å². The second-order valence-corrected chi connectivity index (χ2v) is 5.36. The maximum atomic E-state index is 13.9. The highest BCUT2D eigenvalue weighted by atomic mass is 19.1. The molecule has 1 rings (SSSR count). The van der Waals surface area contributed by atoms with Gasteiger partial charge in [0.1, 0.15) is 18.2 Å². The topological polar surface area (TPSA) is 47.6 Å². The van der Waals surface area contributed by atoms with Crippen molar-refractivity contribution in [2.24, 2.45) is 5.41 Å². The molecule has 20 heavy (non-hydrogen) atoms. The van der Waals surface area contributed by atoms with Gasteiger partial charge in [0.15, 0.2) is 0 Å². The highest BCUT2D eigenvalue weighted by Crippen LogP contribution is 2.24. The number of rotatable bonds is 6. The number of carbonyl (C=O) groups excluding carboxylic acids is 1. The van der Waals surface area contributed by atoms with Crippen molar-refractivity contribution >= 4 is 5.97 Å². The van der Waals surface area contributed by atoms with Crippen LogP contribution in [0.4, 0.5) is 4.39 Å². The number of esters is 1. The molecular formula is C15H22FNO3. The third kappa shape index (κ3) is 3.93. The van der Waals surface area contributed by atoms with Crippen molar-refractivity contribution in [2.75, 3.05) is 20.8 Å². The van der Waals surface area contributed by atoms with E-state index in [1.54, 1.807) is 33.0 Å². The van der Waals surface area contributed by atoms with Gasteiger partial charge in [0.25, 0.3) is 0 Å². The molecule has 0 spiro atoms. The van der Waals surface area contributed by atoms with Crippen LogP contribution in [0.25, 0.3) is 0 Å². The summed E-state index contributed by atoms with van der Waals surface area (Å²) in [6, 6.07) is 4.63. The largest absolute Gasteiger partial charge is 0.492 e. The minimum atomic E-state index is -0.776. The van der Waals surface area contributed by atoms with E-state index in [4.69, 9.17) is 9.47 Å². The van der Waals surface area contributed by atoms with Gasteiger partial charge >= 0.3 is 5.97 Å². The number of benzene rings is 1. The average molecular weight is 283 g/mol. The van der Waals surface area contributed by atoms with Gasteiger partial charge in [0.05, 0.1) is 12.5 Å². The molecule has 0 aliphatic carbocycles. The Labute approximate surface area is 119 Å². The molecule has 1 aromatic carbocycles. The number of hydrogen-bond acceptors (Lipinski definition) is 4. The molecule has 0 saturated heterocycles. The van der Waals surface area contributed by atoms with Crippen LogP contribution < -0.4 is 10.1 Å². The fourth-order valence-corrected chi connectivity index (χ4v) is 1.70. The maximum Gasteiger partial charge on any atom is 0.314 e. The second-order valence-electron chi connectivity index (χ2n) is 5.36. The lowest BCUT2D eigenvalue weighted by Gasteiger charge is -2.22. The highest BCUT2D eigenvalue weighted by molar-refractivity contribution is 5.75. The average Bonchev–Trinajstić information content (AvgIpc) is 2.43. The molecule has 1 N–H and O–H groups in total. The van der Waals surface area contributed by atoms with Crippen molar-refractivity contribution in [1.82, 2.24) is 5.32 Å². The Bertz CT molecular complexity index is 474. The molecule has 5 heteroatoms. The van der Waals surface area contributed by atoms with E-state index < -0.39 is 5.41 Å². The number of hydrogen-bond donors (Lipinski definition) is 1. The lowest BCUT2D eigenvalue weighted by molar-refractivity contribution is -0.152. The van der Waals surface area contributed by atoms with Gasteiger partial charge in [0, 0.05) is 17.7 Å². The first-order chi connectivity index (χ1) is 9.31. The van der Waals surface area contributed by atoms with E-state index in [9.17, 15) is 9.18 Å². The summed E-state index contributed by atoms with van der Waals surface area (Å²) in [7, 11) is 3.10. The van der Waals surface area contributed by atoms with E-state index in [1.807, 2.05) is 6.92 Å². The van der Waals surface area contributed by atoms with Crippen molar-refractivity contribution in [2.45, 2.75) is 26.8 Å². The number of methoxy groups -OCH3 is 1. The monoisotopic (exact) mass is 283 g/mol. The molecule has 112 valence electrons. The van der Waals surface area contributed by atoms with Gasteiger partial charge in [-0.1, -0.05) is 6.07 Å². The Hall–Kier alpha value is -1.62. The fourth-order valence-electron chi connectivity index (χ4n) is 1.70. The summed E-state index contributed by atoms with van der Waals surface area (Å²) in [5.41, 5.74) is -0.200. The van der Waals surface area contributed by atoms with Crippen LogP contribution in [0.3, 0.4) is 0 Å². The summed E-state index contributed by atoms with van der Waals surface area (Å²) in [6.07, 6.45) is 0. The fraction of sp³-hybridized carbons (Fsp3) is 0.533. The van der Waals surface area contributed by atoms with Crippen LogP contribution >= 0.6 is 0 Å². The van der Waals surface area contributed by atoms with E-state index in [2.05, 4.69) is 5.32 Å². The lowest BCUT2D eigenvalue weighted by Crippen LogP contribution is -2.32. The number of carbonyl (C=O) groups is 1. The molecule has 0 aliphatic rings. The van der Waals surface area contributed by atoms with Gasteiger partial charge in [0.2, 0.25) is 0 Å². The molecule has 0 saturated carbocycles. The Morgan fingerprint density at radius 2 is 2.10 bits per heavy atom. The van der Waals surface area contributed by atoms with Crippen molar-refractivity contribution < 1.29 is 18.7 Å². The molecule has 1 atom stereocenters. The lowest BCUT2D eigenvalue weighted by atomic mass is 9.95. The molecule has 0 aromatic heterocycles. The van der Waals surface area contributed by atoms with Crippen LogP contribution in [0.15, 0.2) is 18.2 Å². The summed E-state index contributed by atoms with van der Waals surface area (Å²) in [4.78, 5) is 11.5. The summed E-state index contributed by atoms with van der Waals surface area (Å²) in [5, 5.41) is 2.98. The van der Waals surface area contributed by atoms with Crippen LogP contribution in [0, 0.1) is 11.2 Å². The van der Waals surface area contributed by atoms with E-state index in [1.165, 1.54) is 13.2 Å². The predicted octanol–water partition coefficient (Wildman–Crippen LogP) is 2.68. The van der Waals surface area contributed by atoms with Gasteiger partial charge in [-0.15, -0.1) is 0 Å². The zero-order valence-electron chi connectivity index (χ0n) is 12.6. The Kier molecular flexibility index (Phi) is 5.51. The SMILES string of the molecule is CNC(C)c1ccc(OCC(C)(C)C(=O)OC)cc1F. The van der Waals surface area contributed by atoms with Crippen LogP contribution in [0.5, 0.6) is 5.75 Å². The van der Waals surface area contributed by atoms with Crippen LogP contribution in [0.1, 0.15) is 32.4 Å². The third-order valence-electron chi connectivity index (χ3n) is 3.21. The Morgan fingerprint density at radius 1 is 1.45 bits per heavy atom. The quantitative estimate of drug-likeness (QED) is 0.815. The van der Waals surface area contributed by atoms with Gasteiger partial charge in [-0.05, 0) is 33.9 Å². The molecule has 1 aromatic rings. The first-order valence-electron chi connectivity index (χ1n) is 6.49. The summed E-state index contributed by atoms with van der Waals surface area (Å²) in [5.74, 6) is -0.301. The molecule has 0 aliphatic heterocycles. The highest BCUT2D eigenvalue weighted by Gasteiger charge is 2.29. The van der Waals surface area contributed by atoms with Crippen molar-refractivity contribution in [3.63, 3.8) is 0 Å². The second kappa shape index (κ2) is 6.70. The number of ether oxygens (including phenoxy) is 2. The van der Waals surface area contributed by atoms with Crippen molar-refractivity contribution in [1.29, 1.82) is 0 Å². The number of nitrogens with one attached hydrogen (secondary N) is 1. The molecule has 4 nitrogen and oxygen atoms in total. The molecule has 0 radical (unpaired) electrons. The zero-order chi connectivity index (χ0) is 15.3.